The van der Waals surface area contributed by atoms with Crippen molar-refractivity contribution in [3.63, 3.8) is 0 Å². The minimum absolute atomic E-state index is 0.0862. The molecule has 0 amide bonds. The molecule has 0 spiro atoms. The fourth-order valence-electron chi connectivity index (χ4n) is 2.82. The van der Waals surface area contributed by atoms with Crippen LogP contribution in [-0.4, -0.2) is 11.0 Å². The van der Waals surface area contributed by atoms with E-state index in [4.69, 9.17) is 0 Å². The highest BCUT2D eigenvalue weighted by atomic mass is 79.9. The third kappa shape index (κ3) is 3.48. The molecule has 1 N–H and O–H groups in total. The number of nitro benzene ring substituents is 1. The molecule has 1 fully saturated rings. The molecular weight excluding hydrogens is 327 g/mol. The average molecular weight is 345 g/mol. The number of benzene rings is 1. The predicted octanol–water partition coefficient (Wildman–Crippen LogP) is 4.88. The van der Waals surface area contributed by atoms with Crippen molar-refractivity contribution in [1.29, 1.82) is 0 Å². The Kier molecular flexibility index (Phi) is 4.96. The number of halogens is 2. The van der Waals surface area contributed by atoms with Crippen LogP contribution < -0.4 is 5.32 Å². The van der Waals surface area contributed by atoms with Crippen LogP contribution in [0.4, 0.5) is 15.8 Å². The lowest BCUT2D eigenvalue weighted by Gasteiger charge is -2.29. The van der Waals surface area contributed by atoms with Gasteiger partial charge in [0.2, 0.25) is 0 Å². The number of nitrogens with zero attached hydrogens (tertiary/aromatic N) is 1. The summed E-state index contributed by atoms with van der Waals surface area (Å²) >= 11 is 2.99. The molecule has 0 bridgehead atoms. The largest absolute Gasteiger partial charge is 0.377 e. The molecule has 0 radical (unpaired) electrons. The topological polar surface area (TPSA) is 55.2 Å². The molecule has 0 aromatic heterocycles. The van der Waals surface area contributed by atoms with Gasteiger partial charge in [-0.2, -0.15) is 0 Å². The Hall–Kier alpha value is -1.17. The first-order valence-corrected chi connectivity index (χ1v) is 7.70. The number of nitrogens with one attached hydrogen (secondary N) is 1. The molecule has 2 unspecified atom stereocenters. The Morgan fingerprint density at radius 3 is 2.90 bits per heavy atom. The van der Waals surface area contributed by atoms with Gasteiger partial charge in [0.15, 0.2) is 0 Å². The lowest BCUT2D eigenvalue weighted by Crippen LogP contribution is -2.27. The van der Waals surface area contributed by atoms with E-state index in [0.717, 1.165) is 25.7 Å². The molecule has 0 heterocycles. The van der Waals surface area contributed by atoms with Gasteiger partial charge < -0.3 is 5.32 Å². The van der Waals surface area contributed by atoms with Gasteiger partial charge in [-0.3, -0.25) is 10.1 Å². The maximum Gasteiger partial charge on any atom is 0.293 e. The van der Waals surface area contributed by atoms with Gasteiger partial charge in [0.05, 0.1) is 9.40 Å². The first-order valence-electron chi connectivity index (χ1n) is 6.91. The number of nitro groups is 1. The van der Waals surface area contributed by atoms with Crippen LogP contribution in [0.15, 0.2) is 16.6 Å². The third-order valence-electron chi connectivity index (χ3n) is 3.96. The van der Waals surface area contributed by atoms with E-state index in [1.165, 1.54) is 18.6 Å². The Morgan fingerprint density at radius 2 is 2.25 bits per heavy atom. The summed E-state index contributed by atoms with van der Waals surface area (Å²) in [5, 5.41) is 14.2. The van der Waals surface area contributed by atoms with Gasteiger partial charge in [0.1, 0.15) is 11.5 Å². The van der Waals surface area contributed by atoms with Crippen LogP contribution in [-0.2, 0) is 0 Å². The Balaban J connectivity index is 2.19. The van der Waals surface area contributed by atoms with E-state index in [-0.39, 0.29) is 21.9 Å². The Labute approximate surface area is 126 Å². The third-order valence-corrected chi connectivity index (χ3v) is 4.56. The number of hydrogen-bond donors (Lipinski definition) is 1. The summed E-state index contributed by atoms with van der Waals surface area (Å²) in [4.78, 5) is 10.6. The predicted molar refractivity (Wildman–Crippen MR) is 80.4 cm³/mol. The van der Waals surface area contributed by atoms with E-state index in [1.807, 2.05) is 0 Å². The van der Waals surface area contributed by atoms with E-state index >= 15 is 0 Å². The summed E-state index contributed by atoms with van der Waals surface area (Å²) < 4.78 is 13.7. The van der Waals surface area contributed by atoms with E-state index in [1.54, 1.807) is 0 Å². The fraction of sp³-hybridized carbons (Fsp3) is 0.571. The zero-order valence-corrected chi connectivity index (χ0v) is 13.0. The van der Waals surface area contributed by atoms with E-state index in [0.29, 0.717) is 5.92 Å². The van der Waals surface area contributed by atoms with Crippen molar-refractivity contribution < 1.29 is 9.31 Å². The SMILES string of the molecule is CCC1CCCC(Nc2cc(F)c(Br)cc2[N+](=O)[O-])C1. The van der Waals surface area contributed by atoms with Crippen LogP contribution in [0.2, 0.25) is 0 Å². The second-order valence-electron chi connectivity index (χ2n) is 5.32. The van der Waals surface area contributed by atoms with Crippen molar-refractivity contribution in [2.24, 2.45) is 5.92 Å². The number of rotatable bonds is 4. The summed E-state index contributed by atoms with van der Waals surface area (Å²) in [6.45, 7) is 2.16. The highest BCUT2D eigenvalue weighted by molar-refractivity contribution is 9.10. The standard InChI is InChI=1S/C14H18BrFN2O2/c1-2-9-4-3-5-10(6-9)17-13-8-12(16)11(15)7-14(13)18(19)20/h7-10,17H,2-6H2,1H3. The molecule has 1 aromatic rings. The highest BCUT2D eigenvalue weighted by Crippen LogP contribution is 2.34. The minimum atomic E-state index is -0.485. The summed E-state index contributed by atoms with van der Waals surface area (Å²) in [7, 11) is 0. The van der Waals surface area contributed by atoms with Crippen LogP contribution in [0.25, 0.3) is 0 Å². The summed E-state index contributed by atoms with van der Waals surface area (Å²) in [6, 6.07) is 2.61. The van der Waals surface area contributed by atoms with Gasteiger partial charge in [-0.25, -0.2) is 4.39 Å². The quantitative estimate of drug-likeness (QED) is 0.625. The first-order chi connectivity index (χ1) is 9.51. The molecule has 4 nitrogen and oxygen atoms in total. The molecule has 1 aliphatic carbocycles. The summed E-state index contributed by atoms with van der Waals surface area (Å²) in [5.74, 6) is 0.168. The molecule has 110 valence electrons. The van der Waals surface area contributed by atoms with Crippen LogP contribution in [0.3, 0.4) is 0 Å². The fourth-order valence-corrected chi connectivity index (χ4v) is 3.15. The van der Waals surface area contributed by atoms with Gasteiger partial charge in [0, 0.05) is 18.2 Å². The van der Waals surface area contributed by atoms with Crippen molar-refractivity contribution in [2.75, 3.05) is 5.32 Å². The van der Waals surface area contributed by atoms with Crippen molar-refractivity contribution in [1.82, 2.24) is 0 Å². The van der Waals surface area contributed by atoms with Gasteiger partial charge in [-0.05, 0) is 34.7 Å². The van der Waals surface area contributed by atoms with E-state index in [2.05, 4.69) is 28.2 Å². The monoisotopic (exact) mass is 344 g/mol. The molecule has 2 atom stereocenters. The zero-order valence-electron chi connectivity index (χ0n) is 11.4. The molecule has 1 aromatic carbocycles. The van der Waals surface area contributed by atoms with Crippen LogP contribution in [0.1, 0.15) is 39.0 Å². The van der Waals surface area contributed by atoms with Gasteiger partial charge in [-0.15, -0.1) is 0 Å². The van der Waals surface area contributed by atoms with Crippen LogP contribution >= 0.6 is 15.9 Å². The van der Waals surface area contributed by atoms with Crippen molar-refractivity contribution >= 4 is 27.3 Å². The average Bonchev–Trinajstić information content (AvgIpc) is 2.42. The summed E-state index contributed by atoms with van der Waals surface area (Å²) in [6.07, 6.45) is 5.42. The molecule has 1 aliphatic rings. The van der Waals surface area contributed by atoms with Crippen LogP contribution in [0, 0.1) is 21.8 Å². The smallest absolute Gasteiger partial charge is 0.293 e. The zero-order chi connectivity index (χ0) is 14.7. The molecule has 2 rings (SSSR count). The molecule has 1 saturated carbocycles. The van der Waals surface area contributed by atoms with E-state index in [9.17, 15) is 14.5 Å². The Morgan fingerprint density at radius 1 is 1.50 bits per heavy atom. The maximum absolute atomic E-state index is 13.6. The maximum atomic E-state index is 13.6. The van der Waals surface area contributed by atoms with Crippen molar-refractivity contribution in [2.45, 2.75) is 45.1 Å². The second-order valence-corrected chi connectivity index (χ2v) is 6.18. The molecular formula is C14H18BrFN2O2. The second kappa shape index (κ2) is 6.52. The summed E-state index contributed by atoms with van der Waals surface area (Å²) in [5.41, 5.74) is 0.189. The van der Waals surface area contributed by atoms with Gasteiger partial charge in [-0.1, -0.05) is 26.2 Å². The minimum Gasteiger partial charge on any atom is -0.377 e. The lowest BCUT2D eigenvalue weighted by molar-refractivity contribution is -0.384. The van der Waals surface area contributed by atoms with Gasteiger partial charge in [0.25, 0.3) is 5.69 Å². The molecule has 20 heavy (non-hydrogen) atoms. The molecule has 0 saturated heterocycles. The number of anilines is 1. The number of hydrogen-bond acceptors (Lipinski definition) is 3. The van der Waals surface area contributed by atoms with Gasteiger partial charge >= 0.3 is 0 Å². The Bertz CT molecular complexity index is 510. The van der Waals surface area contributed by atoms with Crippen molar-refractivity contribution in [3.8, 4) is 0 Å². The lowest BCUT2D eigenvalue weighted by atomic mass is 9.84. The molecule has 0 aliphatic heterocycles. The highest BCUT2D eigenvalue weighted by Gasteiger charge is 2.24. The molecule has 6 heteroatoms. The normalized spacial score (nSPS) is 22.6. The van der Waals surface area contributed by atoms with Crippen molar-refractivity contribution in [3.05, 3.63) is 32.5 Å². The van der Waals surface area contributed by atoms with Crippen LogP contribution in [0.5, 0.6) is 0 Å². The first kappa shape index (κ1) is 15.2. The van der Waals surface area contributed by atoms with E-state index < -0.39 is 10.7 Å².